The third-order valence-electron chi connectivity index (χ3n) is 13.0. The average molecular weight is 1210 g/mol. The summed E-state index contributed by atoms with van der Waals surface area (Å²) >= 11 is 5.85. The van der Waals surface area contributed by atoms with E-state index in [9.17, 15) is 88.2 Å². The van der Waals surface area contributed by atoms with Crippen LogP contribution in [0.2, 0.25) is 0 Å². The van der Waals surface area contributed by atoms with Gasteiger partial charge in [-0.15, -0.1) is 11.6 Å². The highest BCUT2D eigenvalue weighted by Gasteiger charge is 2.41. The third-order valence-corrected chi connectivity index (χ3v) is 13.3. The first-order chi connectivity index (χ1) is 39.3. The van der Waals surface area contributed by atoms with Gasteiger partial charge in [0.25, 0.3) is 5.91 Å². The zero-order valence-corrected chi connectivity index (χ0v) is 47.9. The average Bonchev–Trinajstić information content (AvgIpc) is 3.52. The van der Waals surface area contributed by atoms with Crippen LogP contribution in [0.3, 0.4) is 0 Å². The van der Waals surface area contributed by atoms with Crippen LogP contribution in [-0.2, 0) is 62.3 Å². The van der Waals surface area contributed by atoms with Crippen molar-refractivity contribution in [2.45, 2.75) is 203 Å². The number of esters is 1. The number of cyclic esters (lactones) is 1. The second kappa shape index (κ2) is 40.6. The summed E-state index contributed by atoms with van der Waals surface area (Å²) < 4.78 is 5.27. The number of halogens is 1. The molecule has 1 saturated heterocycles. The molecule has 83 heavy (non-hydrogen) atoms. The standard InChI is InChI=1S/C51H87ClN12O19/c1-4-6-7-8-9-10-11-12-13-16-28(66)23-36(68)56-34-26-83-51(82)39(35(67)25-52)63-49(79)40(41(71)50(80)81)64-42(72)29(5-2)57-48(78)38(27(3)65)62-45(75)32(19-22-55)59-43(73)30(17-14-15-20-53)58-46(76)33(24-37(69)70)61-44(74)31(18-21-54)60-47(34)77/h5,27-28,30-35,38-41,65-67,71H,4,6-26,53-55H2,1-3H3,(H,56,68)(H,57,78)(H,58,76)(H,59,73)(H,60,77)(H,61,74)(H,62,75)(H,63,79)(H,64,72)(H,69,70)(H,80,81)/b29-5+/t27-,28?,30-,31+,32-,33-,34-,35+,38-,39-,40-,41-/m0/s1. The van der Waals surface area contributed by atoms with E-state index in [0.717, 1.165) is 64.4 Å². The Balaban J connectivity index is 4.01. The number of carbonyl (C=O) groups excluding carboxylic acids is 10. The molecule has 32 heteroatoms. The highest BCUT2D eigenvalue weighted by molar-refractivity contribution is 6.18. The van der Waals surface area contributed by atoms with Crippen molar-refractivity contribution in [2.75, 3.05) is 32.1 Å². The number of aliphatic hydroxyl groups excluding tert-OH is 4. The number of amides is 9. The van der Waals surface area contributed by atoms with Crippen molar-refractivity contribution in [1.29, 1.82) is 0 Å². The van der Waals surface area contributed by atoms with E-state index < -0.39 is 181 Å². The molecule has 1 unspecified atom stereocenters. The molecule has 1 aliphatic heterocycles. The fourth-order valence-electron chi connectivity index (χ4n) is 8.23. The van der Waals surface area contributed by atoms with Gasteiger partial charge in [0, 0.05) is 0 Å². The molecule has 1 rings (SSSR count). The van der Waals surface area contributed by atoms with Gasteiger partial charge in [-0.25, -0.2) is 9.59 Å². The fourth-order valence-corrected chi connectivity index (χ4v) is 8.41. The highest BCUT2D eigenvalue weighted by atomic mass is 35.5. The number of rotatable bonds is 28. The number of nitrogens with two attached hydrogens (primary N) is 3. The van der Waals surface area contributed by atoms with E-state index in [0.29, 0.717) is 12.8 Å². The lowest BCUT2D eigenvalue weighted by Gasteiger charge is -2.28. The van der Waals surface area contributed by atoms with Gasteiger partial charge in [0.15, 0.2) is 12.1 Å². The van der Waals surface area contributed by atoms with E-state index in [2.05, 4.69) is 44.1 Å². The summed E-state index contributed by atoms with van der Waals surface area (Å²) in [6.07, 6.45) is -0.358. The quantitative estimate of drug-likeness (QED) is 0.0151. The summed E-state index contributed by atoms with van der Waals surface area (Å²) in [4.78, 5) is 162. The molecule has 0 saturated carbocycles. The summed E-state index contributed by atoms with van der Waals surface area (Å²) in [5.74, 6) is -17.8. The van der Waals surface area contributed by atoms with Gasteiger partial charge in [-0.05, 0) is 72.0 Å². The Bertz CT molecular complexity index is 2190. The molecular weight excluding hydrogens is 1120 g/mol. The first-order valence-corrected chi connectivity index (χ1v) is 28.2. The normalized spacial score (nSPS) is 24.5. The van der Waals surface area contributed by atoms with Gasteiger partial charge in [0.1, 0.15) is 54.6 Å². The Morgan fingerprint density at radius 2 is 1.13 bits per heavy atom. The van der Waals surface area contributed by atoms with Crippen molar-refractivity contribution in [1.82, 2.24) is 47.9 Å². The summed E-state index contributed by atoms with van der Waals surface area (Å²) in [6, 6.07) is -15.8. The Labute approximate surface area is 485 Å². The van der Waals surface area contributed by atoms with E-state index in [1.54, 1.807) is 0 Å². The van der Waals surface area contributed by atoms with Crippen molar-refractivity contribution in [3.63, 3.8) is 0 Å². The number of alkyl halides is 1. The van der Waals surface area contributed by atoms with Crippen molar-refractivity contribution < 1.29 is 92.9 Å². The summed E-state index contributed by atoms with van der Waals surface area (Å²) in [7, 11) is 0. The zero-order valence-electron chi connectivity index (χ0n) is 47.2. The van der Waals surface area contributed by atoms with E-state index in [4.69, 9.17) is 33.5 Å². The van der Waals surface area contributed by atoms with Gasteiger partial charge in [-0.1, -0.05) is 70.8 Å². The molecule has 0 aromatic heterocycles. The topological polar surface area (TPSA) is 522 Å². The summed E-state index contributed by atoms with van der Waals surface area (Å²) in [5.41, 5.74) is 16.4. The predicted octanol–water partition coefficient (Wildman–Crippen LogP) is -5.16. The number of carbonyl (C=O) groups is 12. The number of unbranched alkanes of at least 4 members (excludes halogenated alkanes) is 9. The molecule has 1 heterocycles. The second-order valence-electron chi connectivity index (χ2n) is 19.9. The van der Waals surface area contributed by atoms with E-state index in [-0.39, 0.29) is 45.3 Å². The number of carboxylic acid groups (broad SMARTS) is 2. The molecule has 0 aromatic rings. The van der Waals surface area contributed by atoms with Gasteiger partial charge in [0.2, 0.25) is 47.3 Å². The van der Waals surface area contributed by atoms with Crippen LogP contribution in [0.25, 0.3) is 0 Å². The van der Waals surface area contributed by atoms with E-state index in [1.807, 2.05) is 10.6 Å². The Morgan fingerprint density at radius 3 is 1.64 bits per heavy atom. The van der Waals surface area contributed by atoms with Gasteiger partial charge in [0.05, 0.1) is 37.0 Å². The Morgan fingerprint density at radius 1 is 0.627 bits per heavy atom. The number of hydrogen-bond acceptors (Lipinski definition) is 20. The predicted molar refractivity (Wildman–Crippen MR) is 295 cm³/mol. The van der Waals surface area contributed by atoms with Gasteiger partial charge in [-0.2, -0.15) is 0 Å². The zero-order chi connectivity index (χ0) is 62.8. The summed E-state index contributed by atoms with van der Waals surface area (Å²) in [5, 5.41) is 82.1. The molecule has 9 amide bonds. The van der Waals surface area contributed by atoms with Crippen LogP contribution in [-0.4, -0.2) is 207 Å². The van der Waals surface area contributed by atoms with Gasteiger partial charge < -0.3 is 100 Å². The van der Waals surface area contributed by atoms with Crippen LogP contribution < -0.4 is 65.1 Å². The minimum atomic E-state index is -2.83. The van der Waals surface area contributed by atoms with Crippen LogP contribution >= 0.6 is 11.6 Å². The van der Waals surface area contributed by atoms with Gasteiger partial charge >= 0.3 is 17.9 Å². The maximum atomic E-state index is 14.1. The van der Waals surface area contributed by atoms with Crippen molar-refractivity contribution in [3.8, 4) is 0 Å². The fraction of sp³-hybridized carbons (Fsp3) is 0.725. The molecule has 0 spiro atoms. The number of aliphatic hydroxyl groups is 4. The molecule has 31 nitrogen and oxygen atoms in total. The molecule has 0 aromatic carbocycles. The molecule has 0 radical (unpaired) electrons. The number of ether oxygens (including phenoxy) is 1. The van der Waals surface area contributed by atoms with Crippen molar-refractivity contribution >= 4 is 82.7 Å². The maximum Gasteiger partial charge on any atom is 0.335 e. The highest BCUT2D eigenvalue weighted by Crippen LogP contribution is 2.14. The van der Waals surface area contributed by atoms with Crippen molar-refractivity contribution in [3.05, 3.63) is 11.8 Å². The van der Waals surface area contributed by atoms with E-state index in [1.165, 1.54) is 6.92 Å². The van der Waals surface area contributed by atoms with Crippen LogP contribution in [0.15, 0.2) is 11.8 Å². The van der Waals surface area contributed by atoms with Crippen LogP contribution in [0, 0.1) is 0 Å². The molecule has 1 fully saturated rings. The largest absolute Gasteiger partial charge is 0.481 e. The van der Waals surface area contributed by atoms with Crippen LogP contribution in [0.5, 0.6) is 0 Å². The molecule has 0 bridgehead atoms. The molecule has 0 aliphatic carbocycles. The van der Waals surface area contributed by atoms with E-state index >= 15 is 0 Å². The number of carboxylic acids is 2. The number of hydrogen-bond donors (Lipinski definition) is 18. The summed E-state index contributed by atoms with van der Waals surface area (Å²) in [6.45, 7) is 2.61. The monoisotopic (exact) mass is 1210 g/mol. The maximum absolute atomic E-state index is 14.1. The smallest absolute Gasteiger partial charge is 0.335 e. The number of nitrogens with one attached hydrogen (secondary N) is 9. The second-order valence-corrected chi connectivity index (χ2v) is 20.2. The number of allylic oxidation sites excluding steroid dienone is 1. The lowest BCUT2D eigenvalue weighted by atomic mass is 10.0. The number of aliphatic carboxylic acids is 2. The molecular formula is C51H87ClN12O19. The van der Waals surface area contributed by atoms with Gasteiger partial charge in [-0.3, -0.25) is 47.9 Å². The molecule has 12 atom stereocenters. The lowest BCUT2D eigenvalue weighted by Crippen LogP contribution is -2.62. The third kappa shape index (κ3) is 28.0. The Hall–Kier alpha value is -6.61. The first kappa shape index (κ1) is 74.4. The van der Waals surface area contributed by atoms with Crippen LogP contribution in [0.1, 0.15) is 130 Å². The lowest BCUT2D eigenvalue weighted by molar-refractivity contribution is -0.155. The molecule has 1 aliphatic rings. The first-order valence-electron chi connectivity index (χ1n) is 27.7. The minimum absolute atomic E-state index is 0.123. The Kier molecular flexibility index (Phi) is 36.4. The molecule has 21 N–H and O–H groups in total. The van der Waals surface area contributed by atoms with Crippen molar-refractivity contribution in [2.24, 2.45) is 17.2 Å². The van der Waals surface area contributed by atoms with Crippen LogP contribution in [0.4, 0.5) is 0 Å². The minimum Gasteiger partial charge on any atom is -0.481 e. The SMILES string of the molecule is C/C=C1/NC(=O)[C@H]([C@H](C)O)NC(=O)[C@H](CCN)NC(=O)[C@H](CCCCN)NC(=O)[C@H](CC(=O)O)NC(=O)[C@@H](CCN)NC(=O)[C@@H](NC(=O)CC(O)CCCCCCCCCCC)COC(=O)[C@H]([C@H](O)CCl)NC(=O)[C@H]([C@H](O)C(=O)O)NC1=O. The molecule has 472 valence electrons.